The summed E-state index contributed by atoms with van der Waals surface area (Å²) in [4.78, 5) is 21.1. The lowest BCUT2D eigenvalue weighted by atomic mass is 10.1. The highest BCUT2D eigenvalue weighted by Gasteiger charge is 2.40. The van der Waals surface area contributed by atoms with E-state index in [9.17, 15) is 13.2 Å². The first-order valence-electron chi connectivity index (χ1n) is 14.7. The fraction of sp³-hybridized carbons (Fsp3) is 0.548. The molecule has 1 atom stereocenters. The minimum absolute atomic E-state index is 0.0657. The van der Waals surface area contributed by atoms with Crippen molar-refractivity contribution in [3.63, 3.8) is 0 Å². The van der Waals surface area contributed by atoms with Crippen LogP contribution >= 0.6 is 0 Å². The third kappa shape index (κ3) is 7.77. The largest absolute Gasteiger partial charge is 0.412 e. The van der Waals surface area contributed by atoms with Gasteiger partial charge in [0.05, 0.1) is 42.1 Å². The number of hydrogen-bond acceptors (Lipinski definition) is 8. The minimum Gasteiger partial charge on any atom is -0.412 e. The van der Waals surface area contributed by atoms with E-state index in [4.69, 9.17) is 14.9 Å². The predicted octanol–water partition coefficient (Wildman–Crippen LogP) is 3.45. The van der Waals surface area contributed by atoms with Crippen LogP contribution < -0.4 is 10.6 Å². The van der Waals surface area contributed by atoms with E-state index in [-0.39, 0.29) is 28.5 Å². The Balaban J connectivity index is 1.64. The molecule has 0 spiro atoms. The Morgan fingerprint density at radius 2 is 1.88 bits per heavy atom. The number of benzene rings is 1. The number of nitrogen functional groups attached to an aromatic ring is 1. The van der Waals surface area contributed by atoms with Crippen LogP contribution in [0.25, 0.3) is 0 Å². The number of nitrogens with zero attached hydrogens (tertiary/aromatic N) is 4. The molecule has 2 N–H and O–H groups in total. The average molecular weight is 628 g/mol. The van der Waals surface area contributed by atoms with Crippen molar-refractivity contribution in [2.45, 2.75) is 63.2 Å². The Bertz CT molecular complexity index is 1510. The van der Waals surface area contributed by atoms with Crippen LogP contribution in [0.5, 0.6) is 0 Å². The smallest absolute Gasteiger partial charge is 0.243 e. The van der Waals surface area contributed by atoms with Crippen molar-refractivity contribution in [1.29, 1.82) is 0 Å². The van der Waals surface area contributed by atoms with Gasteiger partial charge in [0.2, 0.25) is 15.9 Å². The second-order valence-corrected chi connectivity index (χ2v) is 19.7. The van der Waals surface area contributed by atoms with E-state index in [1.54, 1.807) is 29.3 Å². The quantitative estimate of drug-likeness (QED) is 0.367. The van der Waals surface area contributed by atoms with Gasteiger partial charge in [-0.2, -0.15) is 4.31 Å². The average Bonchev–Trinajstić information content (AvgIpc) is 3.39. The molecule has 12 heteroatoms. The van der Waals surface area contributed by atoms with Crippen LogP contribution in [0.4, 0.5) is 11.4 Å². The van der Waals surface area contributed by atoms with Crippen LogP contribution in [0.1, 0.15) is 44.0 Å². The lowest BCUT2D eigenvalue weighted by Gasteiger charge is -2.38. The SMILES string of the molecule is Cc1cnc(C#Cc2cc(S(=O)(=O)N(C)CC(=O)N3CCOCC3)ccc2N2CC[C@@H](O[Si](C)(C)C(C)(C)C)C2)c(N)c1. The maximum Gasteiger partial charge on any atom is 0.243 e. The highest BCUT2D eigenvalue weighted by atomic mass is 32.2. The van der Waals surface area contributed by atoms with Crippen molar-refractivity contribution in [2.24, 2.45) is 0 Å². The fourth-order valence-electron chi connectivity index (χ4n) is 4.88. The summed E-state index contributed by atoms with van der Waals surface area (Å²) in [7, 11) is -4.51. The normalized spacial score (nSPS) is 18.1. The third-order valence-electron chi connectivity index (χ3n) is 8.52. The molecule has 10 nitrogen and oxygen atoms in total. The van der Waals surface area contributed by atoms with Gasteiger partial charge in [-0.3, -0.25) is 4.79 Å². The number of ether oxygens (including phenoxy) is 1. The molecule has 0 saturated carbocycles. The third-order valence-corrected chi connectivity index (χ3v) is 14.9. The molecule has 234 valence electrons. The van der Waals surface area contributed by atoms with Gasteiger partial charge in [-0.1, -0.05) is 26.7 Å². The number of anilines is 2. The summed E-state index contributed by atoms with van der Waals surface area (Å²) in [6, 6.07) is 6.78. The minimum atomic E-state index is -3.97. The van der Waals surface area contributed by atoms with Crippen molar-refractivity contribution in [1.82, 2.24) is 14.2 Å². The van der Waals surface area contributed by atoms with Crippen molar-refractivity contribution in [3.8, 4) is 11.8 Å². The van der Waals surface area contributed by atoms with Gasteiger partial charge in [-0.15, -0.1) is 0 Å². The molecule has 3 heterocycles. The van der Waals surface area contributed by atoms with Crippen LogP contribution in [0, 0.1) is 18.8 Å². The van der Waals surface area contributed by atoms with Crippen LogP contribution in [0.3, 0.4) is 0 Å². The fourth-order valence-corrected chi connectivity index (χ4v) is 7.41. The summed E-state index contributed by atoms with van der Waals surface area (Å²) >= 11 is 0. The van der Waals surface area contributed by atoms with Crippen LogP contribution in [-0.4, -0.2) is 95.9 Å². The Kier molecular flexibility index (Phi) is 9.93. The number of aromatic nitrogens is 1. The number of hydrogen-bond donors (Lipinski definition) is 1. The number of amides is 1. The van der Waals surface area contributed by atoms with E-state index in [1.807, 2.05) is 13.0 Å². The first-order valence-corrected chi connectivity index (χ1v) is 19.1. The number of rotatable bonds is 7. The molecule has 2 fully saturated rings. The Labute approximate surface area is 257 Å². The molecule has 2 aliphatic heterocycles. The van der Waals surface area contributed by atoms with E-state index in [0.717, 1.165) is 28.5 Å². The summed E-state index contributed by atoms with van der Waals surface area (Å²) in [5.41, 5.74) is 9.36. The van der Waals surface area contributed by atoms with Crippen LogP contribution in [0.15, 0.2) is 35.4 Å². The lowest BCUT2D eigenvalue weighted by molar-refractivity contribution is -0.135. The summed E-state index contributed by atoms with van der Waals surface area (Å²) in [5.74, 6) is 5.96. The summed E-state index contributed by atoms with van der Waals surface area (Å²) in [6.07, 6.45) is 2.65. The molecular weight excluding hydrogens is 583 g/mol. The maximum absolute atomic E-state index is 13.6. The van der Waals surface area contributed by atoms with Gasteiger partial charge in [0.25, 0.3) is 0 Å². The number of morpholine rings is 1. The van der Waals surface area contributed by atoms with E-state index in [1.165, 1.54) is 7.05 Å². The predicted molar refractivity (Wildman–Crippen MR) is 172 cm³/mol. The molecule has 2 aliphatic rings. The van der Waals surface area contributed by atoms with E-state index in [0.29, 0.717) is 49.8 Å². The van der Waals surface area contributed by atoms with Crippen molar-refractivity contribution in [2.75, 3.05) is 63.6 Å². The first-order chi connectivity index (χ1) is 20.1. The molecule has 2 aromatic rings. The number of sulfonamides is 1. The Morgan fingerprint density at radius 1 is 1.19 bits per heavy atom. The summed E-state index contributed by atoms with van der Waals surface area (Å²) in [5, 5.41) is 0.100. The molecule has 0 aliphatic carbocycles. The van der Waals surface area contributed by atoms with Crippen molar-refractivity contribution < 1.29 is 22.4 Å². The zero-order chi connectivity index (χ0) is 31.6. The topological polar surface area (TPSA) is 118 Å². The number of aryl methyl sites for hydroxylation is 1. The first kappa shape index (κ1) is 33.0. The number of carbonyl (C=O) groups is 1. The molecule has 0 radical (unpaired) electrons. The van der Waals surface area contributed by atoms with Gasteiger partial charge in [-0.25, -0.2) is 13.4 Å². The van der Waals surface area contributed by atoms with Gasteiger partial charge in [0, 0.05) is 45.0 Å². The molecule has 0 bridgehead atoms. The maximum atomic E-state index is 13.6. The highest BCUT2D eigenvalue weighted by Crippen LogP contribution is 2.39. The summed E-state index contributed by atoms with van der Waals surface area (Å²) in [6.45, 7) is 16.1. The van der Waals surface area contributed by atoms with Gasteiger partial charge in [0.15, 0.2) is 8.32 Å². The van der Waals surface area contributed by atoms with Gasteiger partial charge in [0.1, 0.15) is 5.69 Å². The zero-order valence-corrected chi connectivity index (χ0v) is 28.3. The zero-order valence-electron chi connectivity index (χ0n) is 26.4. The van der Waals surface area contributed by atoms with Crippen LogP contribution in [0.2, 0.25) is 18.1 Å². The summed E-state index contributed by atoms with van der Waals surface area (Å²) < 4.78 is 40.3. The molecule has 0 unspecified atom stereocenters. The Hall–Kier alpha value is -2.95. The Morgan fingerprint density at radius 3 is 2.53 bits per heavy atom. The van der Waals surface area contributed by atoms with Crippen LogP contribution in [-0.2, 0) is 24.0 Å². The molecule has 4 rings (SSSR count). The van der Waals surface area contributed by atoms with Gasteiger partial charge < -0.3 is 24.7 Å². The van der Waals surface area contributed by atoms with Gasteiger partial charge >= 0.3 is 0 Å². The molecule has 1 aromatic carbocycles. The number of nitrogens with two attached hydrogens (primary N) is 1. The second kappa shape index (κ2) is 13.0. The highest BCUT2D eigenvalue weighted by molar-refractivity contribution is 7.89. The number of pyridine rings is 1. The van der Waals surface area contributed by atoms with E-state index >= 15 is 0 Å². The molecular formula is C31H45N5O5SSi. The van der Waals surface area contributed by atoms with E-state index < -0.39 is 18.3 Å². The standard InChI is InChI=1S/C31H45N5O5SSi/c1-23-18-27(32)28(33-20-23)10-8-24-19-26(42(38,39)34(5)22-30(37)35-14-16-40-17-15-35)9-11-29(24)36-13-12-25(21-36)41-43(6,7)31(2,3)4/h9,11,18-20,25H,12-17,21-22,32H2,1-7H3/t25-/m1/s1. The molecule has 2 saturated heterocycles. The van der Waals surface area contributed by atoms with Crippen molar-refractivity contribution in [3.05, 3.63) is 47.3 Å². The molecule has 1 aromatic heterocycles. The molecule has 1 amide bonds. The number of carbonyl (C=O) groups excluding carboxylic acids is 1. The lowest BCUT2D eigenvalue weighted by Crippen LogP contribution is -2.46. The number of likely N-dealkylation sites (N-methyl/N-ethyl adjacent to an activating group) is 1. The second-order valence-electron chi connectivity index (χ2n) is 12.9. The monoisotopic (exact) mass is 627 g/mol. The van der Waals surface area contributed by atoms with E-state index in [2.05, 4.69) is 55.6 Å². The van der Waals surface area contributed by atoms with Gasteiger partial charge in [-0.05, 0) is 67.2 Å². The molecule has 43 heavy (non-hydrogen) atoms. The van der Waals surface area contributed by atoms with Crippen molar-refractivity contribution >= 4 is 35.6 Å².